The number of para-hydroxylation sites is 1. The van der Waals surface area contributed by atoms with E-state index in [0.29, 0.717) is 5.92 Å². The number of hydrogen-bond donors (Lipinski definition) is 1. The molecule has 6 nitrogen and oxygen atoms in total. The van der Waals surface area contributed by atoms with Crippen molar-refractivity contribution in [3.8, 4) is 5.69 Å². The third-order valence-corrected chi connectivity index (χ3v) is 8.60. The van der Waals surface area contributed by atoms with Crippen molar-refractivity contribution in [1.82, 2.24) is 25.0 Å². The maximum Gasteiger partial charge on any atom is 0.252 e. The van der Waals surface area contributed by atoms with Gasteiger partial charge in [0.05, 0.1) is 11.2 Å². The third-order valence-electron chi connectivity index (χ3n) is 8.60. The average Bonchev–Trinajstić information content (AvgIpc) is 3.47. The summed E-state index contributed by atoms with van der Waals surface area (Å²) in [5.41, 5.74) is 4.09. The lowest BCUT2D eigenvalue weighted by molar-refractivity contribution is 0.0921. The summed E-state index contributed by atoms with van der Waals surface area (Å²) in [6, 6.07) is 22.6. The van der Waals surface area contributed by atoms with E-state index in [1.54, 1.807) is 6.20 Å². The van der Waals surface area contributed by atoms with Crippen LogP contribution in [0.3, 0.4) is 0 Å². The van der Waals surface area contributed by atoms with Gasteiger partial charge in [0.15, 0.2) is 0 Å². The minimum Gasteiger partial charge on any atom is -0.349 e. The number of amides is 1. The Labute approximate surface area is 225 Å². The highest BCUT2D eigenvalue weighted by atomic mass is 16.1. The standard InChI is InChI=1S/C32H37N5O/c38-32(29-8-4-10-30-28(29)9-5-19-33-30)35-26-13-11-24(12-14-26)16-21-36-22-17-25(18-23-36)31-15-20-34-37(31)27-6-2-1-3-7-27/h1-10,15,19-20,24-26H,11-14,16-18,21-23H2,(H,35,38)/t24-,26-. The van der Waals surface area contributed by atoms with E-state index in [1.807, 2.05) is 36.5 Å². The molecule has 0 bridgehead atoms. The number of carbonyl (C=O) groups excluding carboxylic acids is 1. The van der Waals surface area contributed by atoms with Crippen molar-refractivity contribution in [1.29, 1.82) is 0 Å². The first-order valence-corrected chi connectivity index (χ1v) is 14.2. The molecule has 1 aliphatic heterocycles. The van der Waals surface area contributed by atoms with Gasteiger partial charge in [0.2, 0.25) is 0 Å². The van der Waals surface area contributed by atoms with Gasteiger partial charge < -0.3 is 10.2 Å². The van der Waals surface area contributed by atoms with Gasteiger partial charge in [-0.05, 0) is 107 Å². The van der Waals surface area contributed by atoms with E-state index >= 15 is 0 Å². The van der Waals surface area contributed by atoms with E-state index in [0.717, 1.165) is 54.0 Å². The number of pyridine rings is 1. The van der Waals surface area contributed by atoms with Crippen LogP contribution in [0.25, 0.3) is 16.6 Å². The molecule has 0 spiro atoms. The van der Waals surface area contributed by atoms with Crippen molar-refractivity contribution in [2.45, 2.75) is 56.9 Å². The highest BCUT2D eigenvalue weighted by Crippen LogP contribution is 2.31. The molecule has 2 aromatic carbocycles. The van der Waals surface area contributed by atoms with Crippen LogP contribution in [0.5, 0.6) is 0 Å². The number of hydrogen-bond acceptors (Lipinski definition) is 4. The fourth-order valence-electron chi connectivity index (χ4n) is 6.39. The van der Waals surface area contributed by atoms with Crippen LogP contribution in [0.1, 0.15) is 66.9 Å². The van der Waals surface area contributed by atoms with Crippen LogP contribution >= 0.6 is 0 Å². The van der Waals surface area contributed by atoms with E-state index in [1.165, 1.54) is 44.3 Å². The molecule has 2 aliphatic rings. The van der Waals surface area contributed by atoms with Crippen molar-refractivity contribution in [3.63, 3.8) is 0 Å². The van der Waals surface area contributed by atoms with Gasteiger partial charge in [-0.25, -0.2) is 4.68 Å². The van der Waals surface area contributed by atoms with Crippen LogP contribution in [-0.4, -0.2) is 51.2 Å². The van der Waals surface area contributed by atoms with Gasteiger partial charge in [-0.2, -0.15) is 5.10 Å². The number of piperidine rings is 1. The summed E-state index contributed by atoms with van der Waals surface area (Å²) < 4.78 is 2.12. The van der Waals surface area contributed by atoms with Gasteiger partial charge in [0.25, 0.3) is 5.91 Å². The van der Waals surface area contributed by atoms with Crippen molar-refractivity contribution in [3.05, 3.63) is 90.4 Å². The van der Waals surface area contributed by atoms with Crippen LogP contribution in [0.2, 0.25) is 0 Å². The van der Waals surface area contributed by atoms with Crippen molar-refractivity contribution in [2.24, 2.45) is 5.92 Å². The lowest BCUT2D eigenvalue weighted by atomic mass is 9.83. The molecule has 0 atom stereocenters. The Kier molecular flexibility index (Phi) is 7.49. The molecular weight excluding hydrogens is 470 g/mol. The number of aromatic nitrogens is 3. The van der Waals surface area contributed by atoms with Crippen LogP contribution in [0, 0.1) is 5.92 Å². The molecular formula is C32H37N5O. The monoisotopic (exact) mass is 507 g/mol. The van der Waals surface area contributed by atoms with Crippen molar-refractivity contribution < 1.29 is 4.79 Å². The molecule has 38 heavy (non-hydrogen) atoms. The Hall–Kier alpha value is -3.51. The molecule has 2 aromatic heterocycles. The van der Waals surface area contributed by atoms with E-state index in [-0.39, 0.29) is 11.9 Å². The number of nitrogens with zero attached hydrogens (tertiary/aromatic N) is 4. The van der Waals surface area contributed by atoms with Gasteiger partial charge in [0, 0.05) is 41.0 Å². The first-order chi connectivity index (χ1) is 18.7. The Morgan fingerprint density at radius 2 is 1.66 bits per heavy atom. The zero-order valence-electron chi connectivity index (χ0n) is 22.0. The molecule has 0 radical (unpaired) electrons. The van der Waals surface area contributed by atoms with Gasteiger partial charge in [-0.15, -0.1) is 0 Å². The Morgan fingerprint density at radius 3 is 2.47 bits per heavy atom. The summed E-state index contributed by atoms with van der Waals surface area (Å²) in [5.74, 6) is 1.37. The fraction of sp³-hybridized carbons (Fsp3) is 0.406. The summed E-state index contributed by atoms with van der Waals surface area (Å²) in [4.78, 5) is 20.0. The Morgan fingerprint density at radius 1 is 0.842 bits per heavy atom. The molecule has 0 unspecified atom stereocenters. The zero-order chi connectivity index (χ0) is 25.7. The van der Waals surface area contributed by atoms with Crippen LogP contribution in [0.15, 0.2) is 79.1 Å². The minimum absolute atomic E-state index is 0.0310. The molecule has 1 saturated heterocycles. The summed E-state index contributed by atoms with van der Waals surface area (Å²) >= 11 is 0. The highest BCUT2D eigenvalue weighted by Gasteiger charge is 2.26. The molecule has 6 heteroatoms. The predicted molar refractivity (Wildman–Crippen MR) is 152 cm³/mol. The maximum absolute atomic E-state index is 13.0. The van der Waals surface area contributed by atoms with Gasteiger partial charge >= 0.3 is 0 Å². The van der Waals surface area contributed by atoms with Crippen molar-refractivity contribution in [2.75, 3.05) is 19.6 Å². The average molecular weight is 508 g/mol. The van der Waals surface area contributed by atoms with E-state index in [2.05, 4.69) is 61.4 Å². The number of benzene rings is 2. The molecule has 1 saturated carbocycles. The van der Waals surface area contributed by atoms with Crippen LogP contribution in [0.4, 0.5) is 0 Å². The van der Waals surface area contributed by atoms with Crippen LogP contribution in [-0.2, 0) is 0 Å². The van der Waals surface area contributed by atoms with Gasteiger partial charge in [-0.3, -0.25) is 9.78 Å². The molecule has 1 aliphatic carbocycles. The molecule has 6 rings (SSSR count). The number of rotatable bonds is 7. The second-order valence-corrected chi connectivity index (χ2v) is 11.0. The SMILES string of the molecule is O=C(N[C@H]1CC[C@H](CCN2CCC(c3ccnn3-c3ccccc3)CC2)CC1)c1cccc2ncccc12. The second-order valence-electron chi connectivity index (χ2n) is 11.0. The predicted octanol–water partition coefficient (Wildman–Crippen LogP) is 5.98. The molecule has 1 N–H and O–H groups in total. The molecule has 2 fully saturated rings. The lowest BCUT2D eigenvalue weighted by Gasteiger charge is -2.34. The number of likely N-dealkylation sites (tertiary alicyclic amines) is 1. The van der Waals surface area contributed by atoms with Gasteiger partial charge in [-0.1, -0.05) is 30.3 Å². The normalized spacial score (nSPS) is 20.9. The summed E-state index contributed by atoms with van der Waals surface area (Å²) in [7, 11) is 0. The summed E-state index contributed by atoms with van der Waals surface area (Å²) in [5, 5.41) is 8.84. The van der Waals surface area contributed by atoms with E-state index in [9.17, 15) is 4.79 Å². The first kappa shape index (κ1) is 24.8. The van der Waals surface area contributed by atoms with Crippen molar-refractivity contribution >= 4 is 16.8 Å². The molecule has 196 valence electrons. The zero-order valence-corrected chi connectivity index (χ0v) is 22.0. The largest absolute Gasteiger partial charge is 0.349 e. The lowest BCUT2D eigenvalue weighted by Crippen LogP contribution is -2.39. The number of nitrogens with one attached hydrogen (secondary N) is 1. The summed E-state index contributed by atoms with van der Waals surface area (Å²) in [6.45, 7) is 3.52. The number of carbonyl (C=O) groups is 1. The first-order valence-electron chi connectivity index (χ1n) is 14.2. The molecule has 1 amide bonds. The molecule has 4 aromatic rings. The smallest absolute Gasteiger partial charge is 0.252 e. The summed E-state index contributed by atoms with van der Waals surface area (Å²) in [6.07, 6.45) is 11.9. The third kappa shape index (κ3) is 5.51. The maximum atomic E-state index is 13.0. The molecule has 3 heterocycles. The second kappa shape index (κ2) is 11.5. The van der Waals surface area contributed by atoms with E-state index < -0.39 is 0 Å². The van der Waals surface area contributed by atoms with E-state index in [4.69, 9.17) is 0 Å². The topological polar surface area (TPSA) is 63.1 Å². The fourth-order valence-corrected chi connectivity index (χ4v) is 6.39. The minimum atomic E-state index is 0.0310. The highest BCUT2D eigenvalue weighted by molar-refractivity contribution is 6.06. The van der Waals surface area contributed by atoms with Crippen LogP contribution < -0.4 is 5.32 Å². The number of fused-ring (bicyclic) bond motifs is 1. The Balaban J connectivity index is 0.943. The Bertz CT molecular complexity index is 1350. The van der Waals surface area contributed by atoms with Gasteiger partial charge in [0.1, 0.15) is 0 Å². The quantitative estimate of drug-likeness (QED) is 0.334.